The molecule has 82 valence electrons. The van der Waals surface area contributed by atoms with E-state index in [1.54, 1.807) is 0 Å². The van der Waals surface area contributed by atoms with Gasteiger partial charge in [0, 0.05) is 13.1 Å². The van der Waals surface area contributed by atoms with Gasteiger partial charge in [0.05, 0.1) is 29.1 Å². The molecule has 1 aliphatic heterocycles. The minimum absolute atomic E-state index is 0.231. The molecule has 2 N–H and O–H groups in total. The third-order valence-corrected chi connectivity index (χ3v) is 2.88. The third kappa shape index (κ3) is 2.19. The second-order valence-corrected chi connectivity index (χ2v) is 4.21. The fourth-order valence-electron chi connectivity index (χ4n) is 1.89. The van der Waals surface area contributed by atoms with Gasteiger partial charge in [0.15, 0.2) is 0 Å². The average molecular weight is 227 g/mol. The van der Waals surface area contributed by atoms with Crippen molar-refractivity contribution in [3.05, 3.63) is 23.2 Å². The van der Waals surface area contributed by atoms with E-state index in [-0.39, 0.29) is 6.10 Å². The highest BCUT2D eigenvalue weighted by Crippen LogP contribution is 2.32. The maximum Gasteiger partial charge on any atom is 0.0790 e. The number of anilines is 2. The summed E-state index contributed by atoms with van der Waals surface area (Å²) in [5, 5.41) is 0.712. The van der Waals surface area contributed by atoms with E-state index < -0.39 is 0 Å². The predicted octanol–water partition coefficient (Wildman–Crippen LogP) is 2.15. The molecule has 1 atom stereocenters. The summed E-state index contributed by atoms with van der Waals surface area (Å²) in [6.07, 6.45) is 0.231. The third-order valence-electron chi connectivity index (χ3n) is 2.58. The van der Waals surface area contributed by atoms with Gasteiger partial charge in [-0.2, -0.15) is 0 Å². The van der Waals surface area contributed by atoms with Crippen molar-refractivity contribution < 1.29 is 4.74 Å². The topological polar surface area (TPSA) is 38.5 Å². The number of benzene rings is 1. The van der Waals surface area contributed by atoms with Crippen molar-refractivity contribution in [2.75, 3.05) is 30.3 Å². The van der Waals surface area contributed by atoms with Crippen molar-refractivity contribution in [2.24, 2.45) is 0 Å². The number of para-hydroxylation sites is 1. The molecule has 1 aliphatic rings. The first-order valence-electron chi connectivity index (χ1n) is 5.09. The summed E-state index contributed by atoms with van der Waals surface area (Å²) in [5.41, 5.74) is 7.60. The molecule has 2 rings (SSSR count). The molecule has 1 unspecified atom stereocenters. The summed E-state index contributed by atoms with van der Waals surface area (Å²) in [6, 6.07) is 5.61. The zero-order valence-corrected chi connectivity index (χ0v) is 9.50. The number of rotatable bonds is 1. The van der Waals surface area contributed by atoms with Gasteiger partial charge in [-0.05, 0) is 19.1 Å². The monoisotopic (exact) mass is 226 g/mol. The molecule has 1 fully saturated rings. The van der Waals surface area contributed by atoms with E-state index in [0.29, 0.717) is 5.02 Å². The SMILES string of the molecule is CC1CN(c2c(N)cccc2Cl)CCO1. The van der Waals surface area contributed by atoms with Crippen molar-refractivity contribution in [1.29, 1.82) is 0 Å². The van der Waals surface area contributed by atoms with Crippen LogP contribution in [0.15, 0.2) is 18.2 Å². The first-order valence-corrected chi connectivity index (χ1v) is 5.47. The normalized spacial score (nSPS) is 21.7. The predicted molar refractivity (Wildman–Crippen MR) is 63.5 cm³/mol. The van der Waals surface area contributed by atoms with Crippen molar-refractivity contribution in [1.82, 2.24) is 0 Å². The highest BCUT2D eigenvalue weighted by Gasteiger charge is 2.20. The molecule has 0 radical (unpaired) electrons. The van der Waals surface area contributed by atoms with Crippen LogP contribution in [0.3, 0.4) is 0 Å². The van der Waals surface area contributed by atoms with Gasteiger partial charge in [-0.25, -0.2) is 0 Å². The lowest BCUT2D eigenvalue weighted by molar-refractivity contribution is 0.0533. The van der Waals surface area contributed by atoms with Crippen LogP contribution in [-0.2, 0) is 4.74 Å². The molecule has 1 saturated heterocycles. The van der Waals surface area contributed by atoms with Gasteiger partial charge < -0.3 is 15.4 Å². The van der Waals surface area contributed by atoms with Crippen molar-refractivity contribution in [2.45, 2.75) is 13.0 Å². The molecule has 0 saturated carbocycles. The van der Waals surface area contributed by atoms with Crippen LogP contribution in [0.4, 0.5) is 11.4 Å². The Bertz CT molecular complexity index is 336. The van der Waals surface area contributed by atoms with E-state index >= 15 is 0 Å². The Balaban J connectivity index is 2.28. The number of halogens is 1. The maximum atomic E-state index is 6.15. The van der Waals surface area contributed by atoms with Crippen LogP contribution in [0.1, 0.15) is 6.92 Å². The standard InChI is InChI=1S/C11H15ClN2O/c1-8-7-14(5-6-15-8)11-9(12)3-2-4-10(11)13/h2-4,8H,5-7,13H2,1H3. The van der Waals surface area contributed by atoms with E-state index in [9.17, 15) is 0 Å². The summed E-state index contributed by atoms with van der Waals surface area (Å²) >= 11 is 6.15. The zero-order chi connectivity index (χ0) is 10.8. The lowest BCUT2D eigenvalue weighted by Crippen LogP contribution is -2.41. The van der Waals surface area contributed by atoms with E-state index in [1.165, 1.54) is 0 Å². The second-order valence-electron chi connectivity index (χ2n) is 3.81. The summed E-state index contributed by atoms with van der Waals surface area (Å²) in [5.74, 6) is 0. The molecule has 1 aromatic rings. The molecular weight excluding hydrogens is 212 g/mol. The summed E-state index contributed by atoms with van der Waals surface area (Å²) in [6.45, 7) is 4.47. The Labute approximate surface area is 94.8 Å². The molecular formula is C11H15ClN2O. The van der Waals surface area contributed by atoms with Gasteiger partial charge in [-0.3, -0.25) is 0 Å². The molecule has 0 amide bonds. The summed E-state index contributed by atoms with van der Waals surface area (Å²) in [4.78, 5) is 2.19. The number of nitrogens with two attached hydrogens (primary N) is 1. The molecule has 0 bridgehead atoms. The maximum absolute atomic E-state index is 6.15. The highest BCUT2D eigenvalue weighted by molar-refractivity contribution is 6.34. The second kappa shape index (κ2) is 4.29. The van der Waals surface area contributed by atoms with E-state index in [0.717, 1.165) is 31.1 Å². The van der Waals surface area contributed by atoms with E-state index in [1.807, 2.05) is 18.2 Å². The number of morpholine rings is 1. The summed E-state index contributed by atoms with van der Waals surface area (Å²) < 4.78 is 5.48. The van der Waals surface area contributed by atoms with Crippen LogP contribution in [0.5, 0.6) is 0 Å². The van der Waals surface area contributed by atoms with Gasteiger partial charge in [0.1, 0.15) is 0 Å². The Hall–Kier alpha value is -0.930. The van der Waals surface area contributed by atoms with E-state index in [2.05, 4.69) is 11.8 Å². The van der Waals surface area contributed by atoms with Gasteiger partial charge in [-0.15, -0.1) is 0 Å². The number of nitrogen functional groups attached to an aromatic ring is 1. The molecule has 4 heteroatoms. The number of hydrogen-bond acceptors (Lipinski definition) is 3. The number of ether oxygens (including phenoxy) is 1. The van der Waals surface area contributed by atoms with Crippen molar-refractivity contribution >= 4 is 23.0 Å². The van der Waals surface area contributed by atoms with Crippen LogP contribution < -0.4 is 10.6 Å². The molecule has 0 aromatic heterocycles. The Morgan fingerprint density at radius 1 is 1.53 bits per heavy atom. The van der Waals surface area contributed by atoms with Crippen LogP contribution in [0.2, 0.25) is 5.02 Å². The van der Waals surface area contributed by atoms with Gasteiger partial charge >= 0.3 is 0 Å². The van der Waals surface area contributed by atoms with Gasteiger partial charge in [0.25, 0.3) is 0 Å². The van der Waals surface area contributed by atoms with Crippen molar-refractivity contribution in [3.8, 4) is 0 Å². The lowest BCUT2D eigenvalue weighted by Gasteiger charge is -2.34. The van der Waals surface area contributed by atoms with Crippen LogP contribution in [0, 0.1) is 0 Å². The van der Waals surface area contributed by atoms with Gasteiger partial charge in [0.2, 0.25) is 0 Å². The molecule has 3 nitrogen and oxygen atoms in total. The summed E-state index contributed by atoms with van der Waals surface area (Å²) in [7, 11) is 0. The van der Waals surface area contributed by atoms with E-state index in [4.69, 9.17) is 22.1 Å². The minimum atomic E-state index is 0.231. The molecule has 15 heavy (non-hydrogen) atoms. The zero-order valence-electron chi connectivity index (χ0n) is 8.74. The van der Waals surface area contributed by atoms with Gasteiger partial charge in [-0.1, -0.05) is 17.7 Å². The average Bonchev–Trinajstić information content (AvgIpc) is 2.17. The van der Waals surface area contributed by atoms with Crippen LogP contribution in [-0.4, -0.2) is 25.8 Å². The van der Waals surface area contributed by atoms with Crippen LogP contribution >= 0.6 is 11.6 Å². The first kappa shape index (κ1) is 10.6. The molecule has 0 spiro atoms. The van der Waals surface area contributed by atoms with Crippen molar-refractivity contribution in [3.63, 3.8) is 0 Å². The van der Waals surface area contributed by atoms with Crippen LogP contribution in [0.25, 0.3) is 0 Å². The number of nitrogens with zero attached hydrogens (tertiary/aromatic N) is 1. The number of hydrogen-bond donors (Lipinski definition) is 1. The fourth-order valence-corrected chi connectivity index (χ4v) is 2.19. The largest absolute Gasteiger partial charge is 0.397 e. The molecule has 1 heterocycles. The Morgan fingerprint density at radius 2 is 2.33 bits per heavy atom. The first-order chi connectivity index (χ1) is 7.18. The Kier molecular flexibility index (Phi) is 3.03. The quantitative estimate of drug-likeness (QED) is 0.746. The Morgan fingerprint density at radius 3 is 3.00 bits per heavy atom. The smallest absolute Gasteiger partial charge is 0.0790 e. The molecule has 1 aromatic carbocycles. The minimum Gasteiger partial charge on any atom is -0.397 e. The lowest BCUT2D eigenvalue weighted by atomic mass is 10.2. The highest BCUT2D eigenvalue weighted by atomic mass is 35.5. The molecule has 0 aliphatic carbocycles. The fraction of sp³-hybridized carbons (Fsp3) is 0.455.